The number of aromatic nitrogens is 2. The van der Waals surface area contributed by atoms with Gasteiger partial charge in [0, 0.05) is 12.3 Å². The molecule has 270 valence electrons. The maximum absolute atomic E-state index is 14.5. The van der Waals surface area contributed by atoms with Crippen LogP contribution in [0.25, 0.3) is 11.0 Å². The van der Waals surface area contributed by atoms with Crippen LogP contribution in [0.3, 0.4) is 0 Å². The molecular formula is C31H34F4N6O8S. The fraction of sp³-hybridized carbons (Fsp3) is 0.548. The van der Waals surface area contributed by atoms with E-state index in [4.69, 9.17) is 4.74 Å². The molecule has 14 nitrogen and oxygen atoms in total. The lowest BCUT2D eigenvalue weighted by Crippen LogP contribution is -2.58. The number of rotatable bonds is 6. The summed E-state index contributed by atoms with van der Waals surface area (Å²) >= 11 is 0. The molecule has 0 bridgehead atoms. The van der Waals surface area contributed by atoms with E-state index in [0.29, 0.717) is 38.5 Å². The number of hydrogen-bond acceptors (Lipinski definition) is 9. The highest BCUT2D eigenvalue weighted by Gasteiger charge is 2.62. The van der Waals surface area contributed by atoms with Gasteiger partial charge >= 0.3 is 12.3 Å². The van der Waals surface area contributed by atoms with Crippen LogP contribution in [-0.2, 0) is 30.6 Å². The third-order valence-electron chi connectivity index (χ3n) is 9.30. The van der Waals surface area contributed by atoms with Crippen molar-refractivity contribution < 1.29 is 55.0 Å². The molecule has 1 saturated heterocycles. The zero-order chi connectivity index (χ0) is 36.0. The summed E-state index contributed by atoms with van der Waals surface area (Å²) in [7, 11) is -4.01. The maximum Gasteiger partial charge on any atom is 0.438 e. The Morgan fingerprint density at radius 3 is 2.56 bits per heavy atom. The number of amides is 4. The average molecular weight is 727 g/mol. The number of fused-ring (bicyclic) bond motifs is 3. The minimum atomic E-state index is -5.09. The lowest BCUT2D eigenvalue weighted by atomic mass is 10.1. The highest BCUT2D eigenvalue weighted by atomic mass is 32.2. The Morgan fingerprint density at radius 2 is 1.86 bits per heavy atom. The normalized spacial score (nSPS) is 27.7. The maximum atomic E-state index is 14.5. The number of carbonyl (C=O) groups excluding carboxylic acids is 3. The first-order valence-corrected chi connectivity index (χ1v) is 17.7. The molecule has 4 N–H and O–H groups in total. The zero-order valence-corrected chi connectivity index (χ0v) is 27.2. The van der Waals surface area contributed by atoms with Gasteiger partial charge < -0.3 is 25.4 Å². The van der Waals surface area contributed by atoms with E-state index < -0.39 is 111 Å². The van der Waals surface area contributed by atoms with Gasteiger partial charge in [-0.15, -0.1) is 0 Å². The standard InChI is InChI=1S/C31H34F4N6O8S/c32-19-8-6-10-20-23(19)38-26(24(36-20)31(33,34)35)49-17-13-22-25(42)39-30(28(44)40-50(47,48)18-11-12-18)14-16(30)7-4-2-1-3-5-9-21(37-29(45)46)27(43)41(22)15-17/h4,6-8,10,16-18,21-22,37H,1-3,5,9,11-15H2,(H,39,42)(H,40,44)(H,45,46)/t16-,17-,21+,22+,30-/m1/s1. The van der Waals surface area contributed by atoms with E-state index in [9.17, 15) is 50.3 Å². The molecule has 0 spiro atoms. The number of carbonyl (C=O) groups is 4. The topological polar surface area (TPSA) is 197 Å². The molecule has 2 aliphatic carbocycles. The number of benzene rings is 1. The third-order valence-corrected chi connectivity index (χ3v) is 11.1. The van der Waals surface area contributed by atoms with Gasteiger partial charge in [-0.05, 0) is 50.7 Å². The summed E-state index contributed by atoms with van der Waals surface area (Å²) in [5.41, 5.74) is -4.17. The van der Waals surface area contributed by atoms with Crippen LogP contribution in [-0.4, -0.2) is 87.7 Å². The van der Waals surface area contributed by atoms with Gasteiger partial charge in [-0.1, -0.05) is 31.1 Å². The van der Waals surface area contributed by atoms with Crippen molar-refractivity contribution in [2.24, 2.45) is 5.92 Å². The number of halogens is 4. The molecule has 5 atom stereocenters. The minimum Gasteiger partial charge on any atom is -0.471 e. The molecule has 19 heteroatoms. The lowest BCUT2D eigenvalue weighted by molar-refractivity contribution is -0.143. The predicted octanol–water partition coefficient (Wildman–Crippen LogP) is 2.78. The largest absolute Gasteiger partial charge is 0.471 e. The highest BCUT2D eigenvalue weighted by molar-refractivity contribution is 7.91. The van der Waals surface area contributed by atoms with Crippen molar-refractivity contribution in [2.45, 2.75) is 92.9 Å². The van der Waals surface area contributed by atoms with Crippen molar-refractivity contribution in [3.8, 4) is 5.88 Å². The number of carboxylic acid groups (broad SMARTS) is 1. The Morgan fingerprint density at radius 1 is 1.10 bits per heavy atom. The molecule has 3 heterocycles. The summed E-state index contributed by atoms with van der Waals surface area (Å²) in [6.45, 7) is -0.512. The number of alkyl halides is 3. The molecule has 6 rings (SSSR count). The molecule has 0 unspecified atom stereocenters. The molecule has 50 heavy (non-hydrogen) atoms. The molecule has 0 radical (unpaired) electrons. The van der Waals surface area contributed by atoms with E-state index in [2.05, 4.69) is 25.3 Å². The predicted molar refractivity (Wildman–Crippen MR) is 165 cm³/mol. The lowest BCUT2D eigenvalue weighted by Gasteiger charge is -2.29. The van der Waals surface area contributed by atoms with Gasteiger partial charge in [0.05, 0.1) is 17.3 Å². The number of sulfonamides is 1. The first kappa shape index (κ1) is 35.3. The van der Waals surface area contributed by atoms with E-state index in [-0.39, 0.29) is 18.4 Å². The summed E-state index contributed by atoms with van der Waals surface area (Å²) in [4.78, 5) is 61.3. The number of allylic oxidation sites excluding steroid dienone is 1. The van der Waals surface area contributed by atoms with Gasteiger partial charge in [-0.25, -0.2) is 27.6 Å². The second-order valence-corrected chi connectivity index (χ2v) is 14.9. The number of nitrogens with zero attached hydrogens (tertiary/aromatic N) is 3. The van der Waals surface area contributed by atoms with Gasteiger partial charge in [0.25, 0.3) is 5.91 Å². The second kappa shape index (κ2) is 13.3. The highest BCUT2D eigenvalue weighted by Crippen LogP contribution is 2.46. The van der Waals surface area contributed by atoms with Gasteiger partial charge in [0.1, 0.15) is 29.2 Å². The number of hydrogen-bond donors (Lipinski definition) is 4. The molecule has 2 aromatic rings. The minimum absolute atomic E-state index is 0.0399. The molecule has 1 aromatic carbocycles. The molecular weight excluding hydrogens is 692 g/mol. The second-order valence-electron chi connectivity index (χ2n) is 13.0. The van der Waals surface area contributed by atoms with Crippen molar-refractivity contribution in [1.82, 2.24) is 30.2 Å². The summed E-state index contributed by atoms with van der Waals surface area (Å²) in [5.74, 6) is -5.42. The van der Waals surface area contributed by atoms with Crippen molar-refractivity contribution in [1.29, 1.82) is 0 Å². The average Bonchev–Trinajstić information content (AvgIpc) is 3.96. The van der Waals surface area contributed by atoms with Crippen LogP contribution in [0, 0.1) is 11.7 Å². The fourth-order valence-electron chi connectivity index (χ4n) is 6.45. The molecule has 4 aliphatic rings. The van der Waals surface area contributed by atoms with Crippen LogP contribution in [0.4, 0.5) is 22.4 Å². The summed E-state index contributed by atoms with van der Waals surface area (Å²) < 4.78 is 89.8. The van der Waals surface area contributed by atoms with Crippen LogP contribution in [0.1, 0.15) is 63.5 Å². The Bertz CT molecular complexity index is 1860. The van der Waals surface area contributed by atoms with Crippen LogP contribution in [0.15, 0.2) is 30.4 Å². The van der Waals surface area contributed by atoms with Crippen LogP contribution in [0.5, 0.6) is 5.88 Å². The first-order chi connectivity index (χ1) is 23.6. The molecule has 2 aliphatic heterocycles. The Hall–Kier alpha value is -4.55. The molecule has 1 aromatic heterocycles. The van der Waals surface area contributed by atoms with Crippen molar-refractivity contribution in [3.63, 3.8) is 0 Å². The number of para-hydroxylation sites is 1. The monoisotopic (exact) mass is 726 g/mol. The van der Waals surface area contributed by atoms with E-state index in [0.717, 1.165) is 23.1 Å². The molecule has 2 saturated carbocycles. The van der Waals surface area contributed by atoms with Crippen LogP contribution in [0.2, 0.25) is 0 Å². The Balaban J connectivity index is 1.34. The molecule has 4 amide bonds. The van der Waals surface area contributed by atoms with Gasteiger partial charge in [-0.2, -0.15) is 13.2 Å². The zero-order valence-electron chi connectivity index (χ0n) is 26.4. The van der Waals surface area contributed by atoms with Crippen molar-refractivity contribution in [3.05, 3.63) is 41.9 Å². The Kier molecular flexibility index (Phi) is 9.38. The van der Waals surface area contributed by atoms with Gasteiger partial charge in [0.15, 0.2) is 5.82 Å². The van der Waals surface area contributed by atoms with Gasteiger partial charge in [-0.3, -0.25) is 19.1 Å². The van der Waals surface area contributed by atoms with Crippen LogP contribution < -0.4 is 20.1 Å². The smallest absolute Gasteiger partial charge is 0.438 e. The Labute approximate surface area is 283 Å². The van der Waals surface area contributed by atoms with E-state index in [1.54, 1.807) is 12.2 Å². The number of nitrogens with one attached hydrogen (secondary N) is 3. The van der Waals surface area contributed by atoms with Crippen LogP contribution >= 0.6 is 0 Å². The quantitative estimate of drug-likeness (QED) is 0.254. The third kappa shape index (κ3) is 7.32. The SMILES string of the molecule is O=C(O)N[C@H]1CCCCCC=C[C@@H]2C[C@@]2(C(=O)NS(=O)(=O)C2CC2)NC(=O)[C@@H]2C[C@@H](Oc3nc4c(F)cccc4nc3C(F)(F)F)CN2C1=O. The van der Waals surface area contributed by atoms with Crippen molar-refractivity contribution >= 4 is 44.9 Å². The summed E-state index contributed by atoms with van der Waals surface area (Å²) in [6, 6.07) is 0.441. The first-order valence-electron chi connectivity index (χ1n) is 16.1. The van der Waals surface area contributed by atoms with E-state index >= 15 is 0 Å². The fourth-order valence-corrected chi connectivity index (χ4v) is 7.81. The summed E-state index contributed by atoms with van der Waals surface area (Å²) in [5, 5.41) is 13.5. The summed E-state index contributed by atoms with van der Waals surface area (Å²) in [6.07, 6.45) is -1.83. The van der Waals surface area contributed by atoms with E-state index in [1.807, 2.05) is 0 Å². The van der Waals surface area contributed by atoms with E-state index in [1.165, 1.54) is 0 Å². The number of ether oxygens (including phenoxy) is 1. The molecule has 3 fully saturated rings. The van der Waals surface area contributed by atoms with Gasteiger partial charge in [0.2, 0.25) is 33.4 Å². The van der Waals surface area contributed by atoms with Crippen molar-refractivity contribution in [2.75, 3.05) is 6.54 Å².